The second-order valence-electron chi connectivity index (χ2n) is 1.93. The topological polar surface area (TPSA) is 51.8 Å². The Labute approximate surface area is 59.6 Å². The number of rotatable bonds is 2. The summed E-state index contributed by atoms with van der Waals surface area (Å²) in [5.41, 5.74) is 5.96. The molecule has 1 aromatic heterocycles. The van der Waals surface area contributed by atoms with E-state index in [1.54, 1.807) is 18.5 Å². The van der Waals surface area contributed by atoms with E-state index in [-0.39, 0.29) is 0 Å². The Balaban J connectivity index is 2.78. The monoisotopic (exact) mass is 135 g/mol. The summed E-state index contributed by atoms with van der Waals surface area (Å²) in [5, 5.41) is 0. The fourth-order valence-electron chi connectivity index (χ4n) is 0.599. The summed E-state index contributed by atoms with van der Waals surface area (Å²) < 4.78 is 0. The molecule has 0 aliphatic heterocycles. The SMILES string of the molecule is C=CCc1ncc(N)cn1. The first-order valence-electron chi connectivity index (χ1n) is 3.00. The largest absolute Gasteiger partial charge is 0.396 e. The summed E-state index contributed by atoms with van der Waals surface area (Å²) in [6.07, 6.45) is 5.63. The molecule has 2 N–H and O–H groups in total. The first-order chi connectivity index (χ1) is 4.83. The van der Waals surface area contributed by atoms with Gasteiger partial charge >= 0.3 is 0 Å². The number of nitrogens with two attached hydrogens (primary N) is 1. The predicted molar refractivity (Wildman–Crippen MR) is 40.3 cm³/mol. The fourth-order valence-corrected chi connectivity index (χ4v) is 0.599. The van der Waals surface area contributed by atoms with Crippen LogP contribution in [0.4, 0.5) is 5.69 Å². The third-order valence-electron chi connectivity index (χ3n) is 1.05. The third kappa shape index (κ3) is 1.55. The zero-order valence-corrected chi connectivity index (χ0v) is 5.62. The van der Waals surface area contributed by atoms with Crippen molar-refractivity contribution in [3.05, 3.63) is 30.9 Å². The van der Waals surface area contributed by atoms with Gasteiger partial charge in [-0.1, -0.05) is 6.08 Å². The molecule has 0 radical (unpaired) electrons. The maximum absolute atomic E-state index is 5.37. The van der Waals surface area contributed by atoms with Crippen LogP contribution in [0.2, 0.25) is 0 Å². The van der Waals surface area contributed by atoms with Crippen molar-refractivity contribution in [2.75, 3.05) is 5.73 Å². The number of anilines is 1. The minimum atomic E-state index is 0.591. The van der Waals surface area contributed by atoms with E-state index in [1.807, 2.05) is 0 Å². The number of allylic oxidation sites excluding steroid dienone is 1. The minimum absolute atomic E-state index is 0.591. The van der Waals surface area contributed by atoms with Gasteiger partial charge in [-0.3, -0.25) is 0 Å². The summed E-state index contributed by atoms with van der Waals surface area (Å²) in [7, 11) is 0. The van der Waals surface area contributed by atoms with Crippen LogP contribution in [0.5, 0.6) is 0 Å². The first-order valence-corrected chi connectivity index (χ1v) is 3.00. The highest BCUT2D eigenvalue weighted by atomic mass is 14.9. The van der Waals surface area contributed by atoms with Crippen molar-refractivity contribution in [1.29, 1.82) is 0 Å². The van der Waals surface area contributed by atoms with Crippen LogP contribution in [0, 0.1) is 0 Å². The van der Waals surface area contributed by atoms with Crippen LogP contribution in [0.3, 0.4) is 0 Å². The van der Waals surface area contributed by atoms with Crippen LogP contribution in [-0.4, -0.2) is 9.97 Å². The first kappa shape index (κ1) is 6.74. The quantitative estimate of drug-likeness (QED) is 0.610. The maximum Gasteiger partial charge on any atom is 0.132 e. The number of nitrogens with zero attached hydrogens (tertiary/aromatic N) is 2. The zero-order valence-electron chi connectivity index (χ0n) is 5.62. The highest BCUT2D eigenvalue weighted by molar-refractivity contribution is 5.30. The molecule has 3 nitrogen and oxygen atoms in total. The molecule has 0 aliphatic rings. The van der Waals surface area contributed by atoms with E-state index in [0.29, 0.717) is 12.1 Å². The van der Waals surface area contributed by atoms with Crippen LogP contribution < -0.4 is 5.73 Å². The van der Waals surface area contributed by atoms with Crippen molar-refractivity contribution in [1.82, 2.24) is 9.97 Å². The molecular weight excluding hydrogens is 126 g/mol. The smallest absolute Gasteiger partial charge is 0.132 e. The molecule has 0 aromatic carbocycles. The Morgan fingerprint density at radius 3 is 2.60 bits per heavy atom. The summed E-state index contributed by atoms with van der Waals surface area (Å²) in [6, 6.07) is 0. The van der Waals surface area contributed by atoms with Gasteiger partial charge in [0, 0.05) is 6.42 Å². The van der Waals surface area contributed by atoms with E-state index >= 15 is 0 Å². The van der Waals surface area contributed by atoms with Gasteiger partial charge in [-0.05, 0) is 0 Å². The highest BCUT2D eigenvalue weighted by Crippen LogP contribution is 1.96. The van der Waals surface area contributed by atoms with E-state index < -0.39 is 0 Å². The van der Waals surface area contributed by atoms with Gasteiger partial charge in [0.1, 0.15) is 5.82 Å². The molecule has 10 heavy (non-hydrogen) atoms. The summed E-state index contributed by atoms with van der Waals surface area (Å²) >= 11 is 0. The van der Waals surface area contributed by atoms with E-state index in [4.69, 9.17) is 5.73 Å². The lowest BCUT2D eigenvalue weighted by atomic mass is 10.4. The molecule has 0 atom stereocenters. The molecule has 0 unspecified atom stereocenters. The number of hydrogen-bond acceptors (Lipinski definition) is 3. The van der Waals surface area contributed by atoms with Gasteiger partial charge in [0.15, 0.2) is 0 Å². The van der Waals surface area contributed by atoms with E-state index in [2.05, 4.69) is 16.5 Å². The van der Waals surface area contributed by atoms with Crippen molar-refractivity contribution in [2.24, 2.45) is 0 Å². The van der Waals surface area contributed by atoms with Crippen LogP contribution in [0.25, 0.3) is 0 Å². The zero-order chi connectivity index (χ0) is 7.40. The van der Waals surface area contributed by atoms with Crippen molar-refractivity contribution in [3.8, 4) is 0 Å². The Hall–Kier alpha value is -1.38. The van der Waals surface area contributed by atoms with E-state index in [1.165, 1.54) is 0 Å². The molecule has 1 aromatic rings. The number of hydrogen-bond donors (Lipinski definition) is 1. The summed E-state index contributed by atoms with van der Waals surface area (Å²) in [4.78, 5) is 7.92. The second-order valence-corrected chi connectivity index (χ2v) is 1.93. The molecule has 3 heteroatoms. The molecule has 0 bridgehead atoms. The van der Waals surface area contributed by atoms with Gasteiger partial charge in [0.2, 0.25) is 0 Å². The normalized spacial score (nSPS) is 9.20. The Morgan fingerprint density at radius 1 is 1.50 bits per heavy atom. The van der Waals surface area contributed by atoms with Crippen LogP contribution in [-0.2, 0) is 6.42 Å². The molecule has 52 valence electrons. The van der Waals surface area contributed by atoms with Gasteiger partial charge in [-0.2, -0.15) is 0 Å². The Kier molecular flexibility index (Phi) is 1.99. The van der Waals surface area contributed by atoms with Gasteiger partial charge in [-0.25, -0.2) is 9.97 Å². The lowest BCUT2D eigenvalue weighted by Gasteiger charge is -1.93. The molecule has 0 amide bonds. The third-order valence-corrected chi connectivity index (χ3v) is 1.05. The van der Waals surface area contributed by atoms with E-state index in [9.17, 15) is 0 Å². The maximum atomic E-state index is 5.37. The lowest BCUT2D eigenvalue weighted by molar-refractivity contribution is 0.994. The number of nitrogen functional groups attached to an aromatic ring is 1. The lowest BCUT2D eigenvalue weighted by Crippen LogP contribution is -1.94. The molecule has 0 aliphatic carbocycles. The highest BCUT2D eigenvalue weighted by Gasteiger charge is 1.89. The van der Waals surface area contributed by atoms with Crippen LogP contribution in [0.15, 0.2) is 25.0 Å². The van der Waals surface area contributed by atoms with Gasteiger partial charge in [0.05, 0.1) is 18.1 Å². The molecule has 0 saturated carbocycles. The average molecular weight is 135 g/mol. The van der Waals surface area contributed by atoms with E-state index in [0.717, 1.165) is 5.82 Å². The molecular formula is C7H9N3. The fraction of sp³-hybridized carbons (Fsp3) is 0.143. The molecule has 0 fully saturated rings. The Morgan fingerprint density at radius 2 is 2.10 bits per heavy atom. The summed E-state index contributed by atoms with van der Waals surface area (Å²) in [6.45, 7) is 3.57. The van der Waals surface area contributed by atoms with Crippen LogP contribution >= 0.6 is 0 Å². The summed E-state index contributed by atoms with van der Waals surface area (Å²) in [5.74, 6) is 0.754. The molecule has 1 heterocycles. The average Bonchev–Trinajstić information content (AvgIpc) is 1.95. The Bertz CT molecular complexity index is 215. The molecule has 1 rings (SSSR count). The van der Waals surface area contributed by atoms with Crippen LogP contribution in [0.1, 0.15) is 5.82 Å². The standard InChI is InChI=1S/C7H9N3/c1-2-3-7-9-4-6(8)5-10-7/h2,4-5H,1,3,8H2. The number of aromatic nitrogens is 2. The van der Waals surface area contributed by atoms with Crippen molar-refractivity contribution in [2.45, 2.75) is 6.42 Å². The molecule has 0 spiro atoms. The van der Waals surface area contributed by atoms with Crippen molar-refractivity contribution in [3.63, 3.8) is 0 Å². The minimum Gasteiger partial charge on any atom is -0.396 e. The van der Waals surface area contributed by atoms with Crippen molar-refractivity contribution < 1.29 is 0 Å². The molecule has 0 saturated heterocycles. The van der Waals surface area contributed by atoms with Gasteiger partial charge in [0.25, 0.3) is 0 Å². The van der Waals surface area contributed by atoms with Crippen molar-refractivity contribution >= 4 is 5.69 Å². The van der Waals surface area contributed by atoms with Gasteiger partial charge < -0.3 is 5.73 Å². The second kappa shape index (κ2) is 2.96. The van der Waals surface area contributed by atoms with Gasteiger partial charge in [-0.15, -0.1) is 6.58 Å². The predicted octanol–water partition coefficient (Wildman–Crippen LogP) is 0.787.